The molecule has 3 aliphatic heterocycles. The SMILES string of the molecule is CO[C@H]1C[C@@H]2CC[C@@H](C)[C@@](O)(O2)C(=O)C(=O)N2CCCC[C@H]2C(=O)O[C@H]([C@H](C)C[C@@H]2CC[C@@H](OC(=O)NCCCOCCOCCC(C)=O)[C@H](OC)C2)C[C@@H](O)[C@H](C)/C=C(\C)[C@@H](O)[C@@H](OC)C(=O)[C@H](C)C[C@H](C)/C=C/C=C/C=C/1C. The number of cyclic esters (lactones) is 1. The molecule has 3 fully saturated rings. The predicted molar refractivity (Wildman–Crippen MR) is 300 cm³/mol. The summed E-state index contributed by atoms with van der Waals surface area (Å²) in [5.41, 5.74) is 1.29. The first kappa shape index (κ1) is 68.3. The van der Waals surface area contributed by atoms with E-state index in [-0.39, 0.29) is 48.7 Å². The molecule has 2 bridgehead atoms. The summed E-state index contributed by atoms with van der Waals surface area (Å²) in [5, 5.41) is 38.4. The van der Waals surface area contributed by atoms with Crippen molar-refractivity contribution in [2.24, 2.45) is 35.5 Å². The minimum absolute atomic E-state index is 0.00694. The average Bonchev–Trinajstić information content (AvgIpc) is 3.56. The third kappa shape index (κ3) is 20.9. The fourth-order valence-electron chi connectivity index (χ4n) is 11.5. The Balaban J connectivity index is 1.57. The Morgan fingerprint density at radius 3 is 2.24 bits per heavy atom. The fourth-order valence-corrected chi connectivity index (χ4v) is 11.5. The number of alkyl carbamates (subject to hydrolysis) is 1. The van der Waals surface area contributed by atoms with Crippen molar-refractivity contribution in [3.05, 3.63) is 47.6 Å². The van der Waals surface area contributed by atoms with Crippen LogP contribution in [-0.2, 0) is 61.9 Å². The summed E-state index contributed by atoms with van der Waals surface area (Å²) in [6.45, 7) is 16.2. The van der Waals surface area contributed by atoms with Gasteiger partial charge >= 0.3 is 12.1 Å². The lowest BCUT2D eigenvalue weighted by atomic mass is 9.78. The Kier molecular flexibility index (Phi) is 29.4. The van der Waals surface area contributed by atoms with Crippen molar-refractivity contribution < 1.29 is 82.0 Å². The number of methoxy groups -OCH3 is 3. The van der Waals surface area contributed by atoms with E-state index in [1.807, 2.05) is 58.1 Å². The molecule has 19 nitrogen and oxygen atoms in total. The summed E-state index contributed by atoms with van der Waals surface area (Å²) < 4.78 is 46.7. The van der Waals surface area contributed by atoms with Gasteiger partial charge < -0.3 is 63.4 Å². The van der Waals surface area contributed by atoms with Crippen LogP contribution >= 0.6 is 0 Å². The van der Waals surface area contributed by atoms with Gasteiger partial charge in [0.1, 0.15) is 36.2 Å². The Morgan fingerprint density at radius 1 is 0.825 bits per heavy atom. The lowest BCUT2D eigenvalue weighted by Crippen LogP contribution is -2.61. The first-order valence-electron chi connectivity index (χ1n) is 29.3. The van der Waals surface area contributed by atoms with Crippen LogP contribution in [0.15, 0.2) is 47.6 Å². The molecule has 4 aliphatic rings. The van der Waals surface area contributed by atoms with Crippen LogP contribution in [-0.4, -0.2) is 177 Å². The summed E-state index contributed by atoms with van der Waals surface area (Å²) in [6, 6.07) is -1.16. The normalized spacial score (nSPS) is 35.8. The molecule has 2 saturated heterocycles. The highest BCUT2D eigenvalue weighted by Gasteiger charge is 2.53. The molecular weight excluding hydrogens is 1030 g/mol. The summed E-state index contributed by atoms with van der Waals surface area (Å²) in [6.07, 6.45) is 10.3. The number of piperidine rings is 1. The van der Waals surface area contributed by atoms with E-state index in [0.717, 1.165) is 5.57 Å². The largest absolute Gasteiger partial charge is 0.460 e. The molecule has 0 unspecified atom stereocenters. The number of allylic oxidation sites excluding steroid dienone is 5. The van der Waals surface area contributed by atoms with Crippen molar-refractivity contribution in [3.8, 4) is 0 Å². The van der Waals surface area contributed by atoms with Gasteiger partial charge in [-0.3, -0.25) is 19.2 Å². The molecule has 4 rings (SSSR count). The van der Waals surface area contributed by atoms with Crippen LogP contribution in [0.3, 0.4) is 0 Å². The standard InChI is InChI=1S/C61H98N2O17/c1-38-18-13-12-14-19-39(2)51(73-9)36-47-23-21-44(7)61(72,80-47)57(68)58(69)63-27-16-15-20-48(63)59(70)78-52(37-49(65)40(3)33-43(6)55(67)56(75-11)54(66)42(5)32-38)41(4)34-46-22-24-50(53(35-46)74-10)79-60(71)62-26-17-28-76-30-31-77-29-25-45(8)64/h12-14,18-19,33,38,40-42,44,46-53,55-56,65,67,72H,15-17,20-32,34-37H2,1-11H3,(H,62,71)/b14-12+,18-13+,39-19+,43-33+/t38-,40-,41-,42-,44-,46+,47+,48+,49-,50-,51+,52+,53-,55-,56+,61-/m1/s1. The molecule has 4 N–H and O–H groups in total. The molecule has 1 saturated carbocycles. The van der Waals surface area contributed by atoms with Gasteiger partial charge in [0, 0.05) is 78.0 Å². The Bertz CT molecular complexity index is 2110. The predicted octanol–water partition coefficient (Wildman–Crippen LogP) is 7.11. The molecule has 19 heteroatoms. The van der Waals surface area contributed by atoms with Gasteiger partial charge in [-0.2, -0.15) is 0 Å². The van der Waals surface area contributed by atoms with Crippen molar-refractivity contribution >= 4 is 35.3 Å². The smallest absolute Gasteiger partial charge is 0.407 e. The number of ketones is 3. The maximum absolute atomic E-state index is 14.6. The lowest BCUT2D eigenvalue weighted by Gasteiger charge is -2.43. The van der Waals surface area contributed by atoms with Crippen molar-refractivity contribution in [1.29, 1.82) is 0 Å². The zero-order valence-corrected chi connectivity index (χ0v) is 49.8. The van der Waals surface area contributed by atoms with Crippen molar-refractivity contribution in [3.63, 3.8) is 0 Å². The number of nitrogens with zero attached hydrogens (tertiary/aromatic N) is 1. The van der Waals surface area contributed by atoms with E-state index in [4.69, 9.17) is 37.9 Å². The third-order valence-corrected chi connectivity index (χ3v) is 16.6. The number of carbonyl (C=O) groups is 6. The Hall–Kier alpha value is -4.18. The first-order chi connectivity index (χ1) is 38.0. The highest BCUT2D eigenvalue weighted by molar-refractivity contribution is 6.39. The number of carbonyl (C=O) groups excluding carboxylic acids is 6. The molecule has 0 aromatic rings. The molecule has 1 aliphatic carbocycles. The third-order valence-electron chi connectivity index (χ3n) is 16.6. The van der Waals surface area contributed by atoms with E-state index in [9.17, 15) is 44.1 Å². The van der Waals surface area contributed by atoms with Gasteiger partial charge in [-0.05, 0) is 120 Å². The number of esters is 1. The van der Waals surface area contributed by atoms with Gasteiger partial charge in [0.15, 0.2) is 5.78 Å². The molecule has 16 atom stereocenters. The minimum atomic E-state index is -2.45. The molecule has 0 aromatic carbocycles. The molecule has 3 heterocycles. The van der Waals surface area contributed by atoms with Gasteiger partial charge in [0.25, 0.3) is 11.7 Å². The maximum Gasteiger partial charge on any atom is 0.407 e. The molecule has 454 valence electrons. The monoisotopic (exact) mass is 1130 g/mol. The van der Waals surface area contributed by atoms with Crippen LogP contribution in [0.2, 0.25) is 0 Å². The molecule has 0 radical (unpaired) electrons. The van der Waals surface area contributed by atoms with Crippen LogP contribution in [0.5, 0.6) is 0 Å². The van der Waals surface area contributed by atoms with Crippen molar-refractivity contribution in [2.45, 2.75) is 206 Å². The second kappa shape index (κ2) is 34.4. The van der Waals surface area contributed by atoms with Gasteiger partial charge in [0.05, 0.1) is 44.2 Å². The van der Waals surface area contributed by atoms with Gasteiger partial charge in [0.2, 0.25) is 5.79 Å². The summed E-state index contributed by atoms with van der Waals surface area (Å²) in [4.78, 5) is 82.4. The number of rotatable bonds is 17. The highest BCUT2D eigenvalue weighted by Crippen LogP contribution is 2.38. The lowest BCUT2D eigenvalue weighted by molar-refractivity contribution is -0.265. The number of aliphatic hydroxyl groups excluding tert-OH is 2. The molecule has 80 heavy (non-hydrogen) atoms. The summed E-state index contributed by atoms with van der Waals surface area (Å²) >= 11 is 0. The van der Waals surface area contributed by atoms with E-state index < -0.39 is 102 Å². The van der Waals surface area contributed by atoms with Gasteiger partial charge in [-0.1, -0.05) is 71.1 Å². The number of nitrogens with one attached hydrogen (secondary N) is 1. The molecule has 0 aromatic heterocycles. The highest BCUT2D eigenvalue weighted by atomic mass is 16.6. The van der Waals surface area contributed by atoms with Crippen molar-refractivity contribution in [2.75, 3.05) is 60.8 Å². The first-order valence-corrected chi connectivity index (χ1v) is 29.3. The Morgan fingerprint density at radius 2 is 1.55 bits per heavy atom. The van der Waals surface area contributed by atoms with E-state index in [1.54, 1.807) is 41.1 Å². The maximum atomic E-state index is 14.6. The second-order valence-electron chi connectivity index (χ2n) is 23.1. The summed E-state index contributed by atoms with van der Waals surface area (Å²) in [5.74, 6) is -7.66. The van der Waals surface area contributed by atoms with Crippen LogP contribution < -0.4 is 5.32 Å². The zero-order chi connectivity index (χ0) is 59.1. The number of hydrogen-bond acceptors (Lipinski definition) is 17. The van der Waals surface area contributed by atoms with E-state index in [2.05, 4.69) is 5.32 Å². The number of hydrogen-bond donors (Lipinski definition) is 4. The average molecular weight is 1130 g/mol. The van der Waals surface area contributed by atoms with Crippen LogP contribution in [0.1, 0.15) is 145 Å². The topological polar surface area (TPSA) is 252 Å². The van der Waals surface area contributed by atoms with Gasteiger partial charge in [-0.25, -0.2) is 9.59 Å². The fraction of sp³-hybridized carbons (Fsp3) is 0.770. The van der Waals surface area contributed by atoms with Crippen molar-refractivity contribution in [1.82, 2.24) is 10.2 Å². The number of fused-ring (bicyclic) bond motifs is 3. The number of amides is 2. The molecule has 0 spiro atoms. The van der Waals surface area contributed by atoms with Crippen LogP contribution in [0.4, 0.5) is 4.79 Å². The number of aliphatic hydroxyl groups is 3. The number of Topliss-reactive ketones (excluding diaryl/α,β-unsaturated/α-hetero) is 3. The van der Waals surface area contributed by atoms with Crippen LogP contribution in [0.25, 0.3) is 0 Å². The molecule has 2 amide bonds. The number of ether oxygens (including phenoxy) is 8. The van der Waals surface area contributed by atoms with E-state index in [1.165, 1.54) is 18.9 Å². The minimum Gasteiger partial charge on any atom is -0.460 e. The molecular formula is C61H98N2O17. The summed E-state index contributed by atoms with van der Waals surface area (Å²) in [7, 11) is 4.53. The second-order valence-corrected chi connectivity index (χ2v) is 23.1. The van der Waals surface area contributed by atoms with E-state index >= 15 is 0 Å². The van der Waals surface area contributed by atoms with Gasteiger partial charge in [-0.15, -0.1) is 0 Å². The Labute approximate surface area is 475 Å². The van der Waals surface area contributed by atoms with Crippen LogP contribution in [0, 0.1) is 35.5 Å². The zero-order valence-electron chi connectivity index (χ0n) is 49.8. The van der Waals surface area contributed by atoms with E-state index in [0.29, 0.717) is 116 Å². The quantitative estimate of drug-likeness (QED) is 0.0490.